The molecule has 0 radical (unpaired) electrons. The van der Waals surface area contributed by atoms with Gasteiger partial charge in [0.2, 0.25) is 0 Å². The van der Waals surface area contributed by atoms with Crippen LogP contribution in [0.15, 0.2) is 58.0 Å². The molecule has 1 aliphatic rings. The number of rotatable bonds is 5. The van der Waals surface area contributed by atoms with Gasteiger partial charge in [0.1, 0.15) is 16.2 Å². The van der Waals surface area contributed by atoms with E-state index in [1.807, 2.05) is 26.8 Å². The summed E-state index contributed by atoms with van der Waals surface area (Å²) in [5.74, 6) is 0.657. The first kappa shape index (κ1) is 25.5. The first-order valence-electron chi connectivity index (χ1n) is 11.4. The second-order valence-electron chi connectivity index (χ2n) is 9.51. The molecule has 188 valence electrons. The molecule has 0 saturated carbocycles. The number of nitrogens with zero attached hydrogens (tertiary/aromatic N) is 3. The number of hydrogen-bond donors (Lipinski definition) is 0. The van der Waals surface area contributed by atoms with Crippen molar-refractivity contribution in [3.8, 4) is 5.75 Å². The first-order chi connectivity index (χ1) is 16.5. The van der Waals surface area contributed by atoms with Gasteiger partial charge >= 0.3 is 6.09 Å². The van der Waals surface area contributed by atoms with Crippen LogP contribution in [-0.2, 0) is 21.3 Å². The zero-order chi connectivity index (χ0) is 25.4. The van der Waals surface area contributed by atoms with Gasteiger partial charge in [-0.3, -0.25) is 4.90 Å². The molecule has 0 aliphatic carbocycles. The van der Waals surface area contributed by atoms with Crippen LogP contribution in [-0.4, -0.2) is 67.2 Å². The van der Waals surface area contributed by atoms with E-state index in [0.717, 1.165) is 10.9 Å². The third-order valence-electron chi connectivity index (χ3n) is 5.85. The molecule has 1 fully saturated rings. The zero-order valence-corrected chi connectivity index (χ0v) is 22.7. The van der Waals surface area contributed by atoms with Crippen molar-refractivity contribution in [1.82, 2.24) is 13.8 Å². The fourth-order valence-electron chi connectivity index (χ4n) is 4.11. The number of aromatic nitrogens is 1. The highest BCUT2D eigenvalue weighted by Gasteiger charge is 2.28. The molecule has 0 bridgehead atoms. The lowest BCUT2D eigenvalue weighted by Crippen LogP contribution is -2.49. The Balaban J connectivity index is 1.62. The highest BCUT2D eigenvalue weighted by Crippen LogP contribution is 2.32. The minimum Gasteiger partial charge on any atom is -0.497 e. The Bertz CT molecular complexity index is 1340. The number of benzene rings is 2. The molecule has 1 saturated heterocycles. The van der Waals surface area contributed by atoms with E-state index in [1.54, 1.807) is 54.6 Å². The standard InChI is InChI=1S/C25H30BrN3O5S/c1-25(2,3)34-24(30)28-13-11-27(12-14-28)16-18-17-29(22-10-9-19(33-4)15-20(18)22)35(31,32)23-8-6-5-7-21(23)26/h5-10,15,17H,11-14,16H2,1-4H3. The van der Waals surface area contributed by atoms with Gasteiger partial charge in [0.25, 0.3) is 10.0 Å². The highest BCUT2D eigenvalue weighted by molar-refractivity contribution is 9.10. The van der Waals surface area contributed by atoms with Gasteiger partial charge in [0.15, 0.2) is 0 Å². The number of methoxy groups -OCH3 is 1. The van der Waals surface area contributed by atoms with Crippen LogP contribution in [0, 0.1) is 0 Å². The van der Waals surface area contributed by atoms with Crippen LogP contribution >= 0.6 is 15.9 Å². The monoisotopic (exact) mass is 563 g/mol. The molecule has 0 N–H and O–H groups in total. The van der Waals surface area contributed by atoms with Crippen molar-refractivity contribution in [3.05, 3.63) is 58.7 Å². The minimum absolute atomic E-state index is 0.199. The van der Waals surface area contributed by atoms with Gasteiger partial charge in [-0.15, -0.1) is 0 Å². The summed E-state index contributed by atoms with van der Waals surface area (Å²) in [7, 11) is -2.24. The summed E-state index contributed by atoms with van der Waals surface area (Å²) in [6.07, 6.45) is 1.39. The Hall–Kier alpha value is -2.56. The van der Waals surface area contributed by atoms with Gasteiger partial charge < -0.3 is 14.4 Å². The third-order valence-corrected chi connectivity index (χ3v) is 8.54. The molecular formula is C25H30BrN3O5S. The van der Waals surface area contributed by atoms with Crippen molar-refractivity contribution in [1.29, 1.82) is 0 Å². The number of hydrogen-bond acceptors (Lipinski definition) is 6. The largest absolute Gasteiger partial charge is 0.497 e. The molecule has 2 aromatic carbocycles. The zero-order valence-electron chi connectivity index (χ0n) is 20.3. The maximum Gasteiger partial charge on any atom is 0.410 e. The van der Waals surface area contributed by atoms with Crippen LogP contribution in [0.1, 0.15) is 26.3 Å². The predicted octanol–water partition coefficient (Wildman–Crippen LogP) is 4.70. The maximum absolute atomic E-state index is 13.6. The Labute approximate surface area is 214 Å². The molecule has 0 atom stereocenters. The summed E-state index contributed by atoms with van der Waals surface area (Å²) in [5.41, 5.74) is 0.929. The second kappa shape index (κ2) is 9.83. The number of piperazine rings is 1. The maximum atomic E-state index is 13.6. The van der Waals surface area contributed by atoms with Crippen LogP contribution < -0.4 is 4.74 Å². The Morgan fingerprint density at radius 2 is 1.74 bits per heavy atom. The van der Waals surface area contributed by atoms with Crippen LogP contribution in [0.3, 0.4) is 0 Å². The number of carbonyl (C=O) groups excluding carboxylic acids is 1. The van der Waals surface area contributed by atoms with Gasteiger partial charge in [-0.2, -0.15) is 0 Å². The molecule has 10 heteroatoms. The lowest BCUT2D eigenvalue weighted by molar-refractivity contribution is 0.0139. The van der Waals surface area contributed by atoms with Crippen molar-refractivity contribution < 1.29 is 22.7 Å². The molecule has 1 aliphatic heterocycles. The Morgan fingerprint density at radius 1 is 1.06 bits per heavy atom. The molecule has 1 amide bonds. The molecule has 2 heterocycles. The number of fused-ring (bicyclic) bond motifs is 1. The summed E-state index contributed by atoms with van der Waals surface area (Å²) in [6.45, 7) is 8.52. The number of halogens is 1. The summed E-state index contributed by atoms with van der Waals surface area (Å²) >= 11 is 3.37. The third kappa shape index (κ3) is 5.49. The molecule has 0 unspecified atom stereocenters. The van der Waals surface area contributed by atoms with Gasteiger partial charge in [0.05, 0.1) is 12.6 Å². The molecule has 0 spiro atoms. The van der Waals surface area contributed by atoms with Crippen LogP contribution in [0.2, 0.25) is 0 Å². The number of carbonyl (C=O) groups is 1. The van der Waals surface area contributed by atoms with Crippen LogP contribution in [0.4, 0.5) is 4.79 Å². The van der Waals surface area contributed by atoms with E-state index in [4.69, 9.17) is 9.47 Å². The van der Waals surface area contributed by atoms with Gasteiger partial charge in [-0.25, -0.2) is 17.2 Å². The van der Waals surface area contributed by atoms with E-state index >= 15 is 0 Å². The van der Waals surface area contributed by atoms with E-state index in [-0.39, 0.29) is 11.0 Å². The second-order valence-corrected chi connectivity index (χ2v) is 12.1. The summed E-state index contributed by atoms with van der Waals surface area (Å²) in [5, 5.41) is 0.814. The van der Waals surface area contributed by atoms with Crippen molar-refractivity contribution in [3.63, 3.8) is 0 Å². The first-order valence-corrected chi connectivity index (χ1v) is 13.6. The molecular weight excluding hydrogens is 534 g/mol. The Morgan fingerprint density at radius 3 is 2.37 bits per heavy atom. The average molecular weight is 565 g/mol. The van der Waals surface area contributed by atoms with Crippen LogP contribution in [0.25, 0.3) is 10.9 Å². The summed E-state index contributed by atoms with van der Waals surface area (Å²) < 4.78 is 39.9. The molecule has 8 nitrogen and oxygen atoms in total. The van der Waals surface area contributed by atoms with Crippen molar-refractivity contribution in [2.45, 2.75) is 37.8 Å². The Kier molecular flexibility index (Phi) is 7.17. The smallest absolute Gasteiger partial charge is 0.410 e. The van der Waals surface area contributed by atoms with E-state index in [2.05, 4.69) is 20.8 Å². The fourth-order valence-corrected chi connectivity index (χ4v) is 6.47. The van der Waals surface area contributed by atoms with Crippen LogP contribution in [0.5, 0.6) is 5.75 Å². The number of amides is 1. The normalized spacial score (nSPS) is 15.4. The SMILES string of the molecule is COc1ccc2c(c1)c(CN1CCN(C(=O)OC(C)(C)C)CC1)cn2S(=O)(=O)c1ccccc1Br. The van der Waals surface area contributed by atoms with Crippen molar-refractivity contribution in [2.24, 2.45) is 0 Å². The summed E-state index contributed by atoms with van der Waals surface area (Å²) in [4.78, 5) is 16.5. The van der Waals surface area contributed by atoms with E-state index < -0.39 is 15.6 Å². The van der Waals surface area contributed by atoms with Gasteiger partial charge in [-0.05, 0) is 72.6 Å². The number of ether oxygens (including phenoxy) is 2. The highest BCUT2D eigenvalue weighted by atomic mass is 79.9. The average Bonchev–Trinajstić information content (AvgIpc) is 3.17. The van der Waals surface area contributed by atoms with Crippen molar-refractivity contribution in [2.75, 3.05) is 33.3 Å². The van der Waals surface area contributed by atoms with E-state index in [1.165, 1.54) is 3.97 Å². The molecule has 4 rings (SSSR count). The van der Waals surface area contributed by atoms with E-state index in [9.17, 15) is 13.2 Å². The van der Waals surface area contributed by atoms with E-state index in [0.29, 0.717) is 48.5 Å². The minimum atomic E-state index is -3.83. The fraction of sp³-hybridized carbons (Fsp3) is 0.400. The quantitative estimate of drug-likeness (QED) is 0.447. The van der Waals surface area contributed by atoms with Crippen molar-refractivity contribution >= 4 is 42.9 Å². The topological polar surface area (TPSA) is 81.1 Å². The summed E-state index contributed by atoms with van der Waals surface area (Å²) in [6, 6.07) is 12.2. The molecule has 3 aromatic rings. The lowest BCUT2D eigenvalue weighted by Gasteiger charge is -2.35. The van der Waals surface area contributed by atoms with Gasteiger partial charge in [-0.1, -0.05) is 12.1 Å². The van der Waals surface area contributed by atoms with Gasteiger partial charge in [0, 0.05) is 48.8 Å². The predicted molar refractivity (Wildman–Crippen MR) is 138 cm³/mol. The molecule has 1 aromatic heterocycles. The molecule has 35 heavy (non-hydrogen) atoms. The lowest BCUT2D eigenvalue weighted by atomic mass is 10.1.